The maximum atomic E-state index is 12.4. The van der Waals surface area contributed by atoms with Gasteiger partial charge in [0.05, 0.1) is 6.61 Å². The number of carbonyl (C=O) groups excluding carboxylic acids is 1. The molecule has 0 saturated carbocycles. The first kappa shape index (κ1) is 19.0. The van der Waals surface area contributed by atoms with Gasteiger partial charge in [0.25, 0.3) is 0 Å². The Morgan fingerprint density at radius 2 is 2.08 bits per heavy atom. The summed E-state index contributed by atoms with van der Waals surface area (Å²) in [7, 11) is 0. The summed E-state index contributed by atoms with van der Waals surface area (Å²) in [5, 5.41) is 9.57. The highest BCUT2D eigenvalue weighted by atomic mass is 16.5. The van der Waals surface area contributed by atoms with Crippen LogP contribution in [0.1, 0.15) is 63.6 Å². The minimum absolute atomic E-state index is 0.143. The van der Waals surface area contributed by atoms with Crippen LogP contribution in [0.15, 0.2) is 29.9 Å². The van der Waals surface area contributed by atoms with Crippen LogP contribution in [0.25, 0.3) is 5.57 Å². The van der Waals surface area contributed by atoms with E-state index in [4.69, 9.17) is 4.74 Å². The van der Waals surface area contributed by atoms with Crippen molar-refractivity contribution in [1.82, 2.24) is 0 Å². The summed E-state index contributed by atoms with van der Waals surface area (Å²) in [6, 6.07) is 6.08. The van der Waals surface area contributed by atoms with Gasteiger partial charge in [-0.2, -0.15) is 5.26 Å². The third kappa shape index (κ3) is 3.54. The summed E-state index contributed by atoms with van der Waals surface area (Å²) in [6.07, 6.45) is 2.79. The van der Waals surface area contributed by atoms with Crippen LogP contribution < -0.4 is 4.74 Å². The molecule has 1 aliphatic carbocycles. The number of rotatable bonds is 6. The lowest BCUT2D eigenvalue weighted by molar-refractivity contribution is -0.111. The Labute approximate surface area is 151 Å². The second kappa shape index (κ2) is 7.27. The predicted octanol–water partition coefficient (Wildman–Crippen LogP) is 5.28. The lowest BCUT2D eigenvalue weighted by Crippen LogP contribution is -2.14. The molecule has 0 N–H and O–H groups in total. The lowest BCUT2D eigenvalue weighted by Gasteiger charge is -2.22. The molecule has 2 rings (SSSR count). The quantitative estimate of drug-likeness (QED) is 0.403. The van der Waals surface area contributed by atoms with Crippen LogP contribution >= 0.6 is 0 Å². The maximum Gasteiger partial charge on any atom is 0.198 e. The second-order valence-electron chi connectivity index (χ2n) is 7.45. The number of Topliss-reactive ketones (excluding diaryl/α,β-unsaturated/α-hetero) is 1. The first-order valence-corrected chi connectivity index (χ1v) is 8.85. The average Bonchev–Trinajstić information content (AvgIpc) is 2.82. The first-order chi connectivity index (χ1) is 11.7. The molecule has 3 nitrogen and oxygen atoms in total. The van der Waals surface area contributed by atoms with E-state index >= 15 is 0 Å². The van der Waals surface area contributed by atoms with Crippen molar-refractivity contribution in [2.75, 3.05) is 6.61 Å². The fourth-order valence-corrected chi connectivity index (χ4v) is 3.62. The molecular formula is C22H27NO2. The van der Waals surface area contributed by atoms with E-state index in [0.29, 0.717) is 18.6 Å². The zero-order valence-electron chi connectivity index (χ0n) is 16.0. The number of ketones is 1. The van der Waals surface area contributed by atoms with E-state index < -0.39 is 0 Å². The Balaban J connectivity index is 2.59. The first-order valence-electron chi connectivity index (χ1n) is 8.85. The summed E-state index contributed by atoms with van der Waals surface area (Å²) in [6.45, 7) is 14.6. The summed E-state index contributed by atoms with van der Waals surface area (Å²) in [4.78, 5) is 12.4. The van der Waals surface area contributed by atoms with Gasteiger partial charge in [-0.3, -0.25) is 4.79 Å². The molecule has 0 radical (unpaired) electrons. The van der Waals surface area contributed by atoms with Crippen LogP contribution in [0.4, 0.5) is 0 Å². The average molecular weight is 337 g/mol. The predicted molar refractivity (Wildman–Crippen MR) is 102 cm³/mol. The van der Waals surface area contributed by atoms with E-state index in [1.165, 1.54) is 5.56 Å². The molecule has 0 amide bonds. The van der Waals surface area contributed by atoms with Crippen LogP contribution in [0.5, 0.6) is 5.75 Å². The molecule has 3 heteroatoms. The number of ether oxygens (including phenoxy) is 1. The van der Waals surface area contributed by atoms with Crippen LogP contribution in [0.3, 0.4) is 0 Å². The van der Waals surface area contributed by atoms with Crippen molar-refractivity contribution in [1.29, 1.82) is 5.26 Å². The SMILES string of the molecule is C=C(C)C(=O)/C(C#N)=C1\CC(C)(C)c2c1ccc(OCCCC)c2C. The summed E-state index contributed by atoms with van der Waals surface area (Å²) < 4.78 is 5.94. The molecule has 0 heterocycles. The van der Waals surface area contributed by atoms with Crippen molar-refractivity contribution in [2.45, 2.75) is 59.3 Å². The van der Waals surface area contributed by atoms with Crippen molar-refractivity contribution in [2.24, 2.45) is 0 Å². The maximum absolute atomic E-state index is 12.4. The van der Waals surface area contributed by atoms with Gasteiger partial charge < -0.3 is 4.74 Å². The molecular weight excluding hydrogens is 310 g/mol. The Kier molecular flexibility index (Phi) is 5.52. The third-order valence-corrected chi connectivity index (χ3v) is 4.82. The molecule has 1 aromatic carbocycles. The molecule has 0 spiro atoms. The molecule has 0 bridgehead atoms. The Hall–Kier alpha value is -2.34. The van der Waals surface area contributed by atoms with Gasteiger partial charge in [0.1, 0.15) is 17.4 Å². The van der Waals surface area contributed by atoms with E-state index in [-0.39, 0.29) is 16.8 Å². The topological polar surface area (TPSA) is 50.1 Å². The molecule has 1 aromatic rings. The molecule has 0 fully saturated rings. The van der Waals surface area contributed by atoms with Crippen molar-refractivity contribution in [3.63, 3.8) is 0 Å². The van der Waals surface area contributed by atoms with E-state index in [1.54, 1.807) is 6.92 Å². The molecule has 0 unspecified atom stereocenters. The van der Waals surface area contributed by atoms with Gasteiger partial charge in [0.2, 0.25) is 0 Å². The Bertz CT molecular complexity index is 791. The largest absolute Gasteiger partial charge is 0.493 e. The van der Waals surface area contributed by atoms with Crippen molar-refractivity contribution >= 4 is 11.4 Å². The highest BCUT2D eigenvalue weighted by Gasteiger charge is 2.38. The van der Waals surface area contributed by atoms with Gasteiger partial charge >= 0.3 is 0 Å². The van der Waals surface area contributed by atoms with Gasteiger partial charge in [-0.25, -0.2) is 0 Å². The molecule has 25 heavy (non-hydrogen) atoms. The lowest BCUT2D eigenvalue weighted by atomic mass is 9.83. The smallest absolute Gasteiger partial charge is 0.198 e. The number of hydrogen-bond acceptors (Lipinski definition) is 3. The van der Waals surface area contributed by atoms with Crippen molar-refractivity contribution in [3.8, 4) is 11.8 Å². The van der Waals surface area contributed by atoms with Crippen molar-refractivity contribution in [3.05, 3.63) is 46.5 Å². The number of hydrogen-bond donors (Lipinski definition) is 0. The molecule has 0 saturated heterocycles. The number of nitriles is 1. The highest BCUT2D eigenvalue weighted by molar-refractivity contribution is 6.15. The monoisotopic (exact) mass is 337 g/mol. The molecule has 0 aliphatic heterocycles. The van der Waals surface area contributed by atoms with Crippen LogP contribution in [0, 0.1) is 18.3 Å². The number of benzene rings is 1. The standard InChI is InChI=1S/C22H27NO2/c1-7-8-11-25-19-10-9-16-17(18(13-23)21(24)14(2)3)12-22(5,6)20(16)15(19)4/h9-10H,2,7-8,11-12H2,1,3-6H3/b18-17+. The van der Waals surface area contributed by atoms with Crippen molar-refractivity contribution < 1.29 is 9.53 Å². The Morgan fingerprint density at radius 3 is 2.64 bits per heavy atom. The molecule has 1 aliphatic rings. The minimum Gasteiger partial charge on any atom is -0.493 e. The number of unbranched alkanes of at least 4 members (excludes halogenated alkanes) is 1. The fraction of sp³-hybridized carbons (Fsp3) is 0.455. The zero-order valence-corrected chi connectivity index (χ0v) is 16.0. The molecule has 132 valence electrons. The molecule has 0 atom stereocenters. The zero-order chi connectivity index (χ0) is 18.8. The number of carbonyl (C=O) groups is 1. The number of fused-ring (bicyclic) bond motifs is 1. The van der Waals surface area contributed by atoms with Gasteiger partial charge in [-0.1, -0.05) is 39.8 Å². The van der Waals surface area contributed by atoms with Gasteiger partial charge in [-0.05, 0) is 66.0 Å². The van der Waals surface area contributed by atoms with Gasteiger partial charge in [-0.15, -0.1) is 0 Å². The normalized spacial score (nSPS) is 16.8. The summed E-state index contributed by atoms with van der Waals surface area (Å²) in [5.74, 6) is 0.633. The van der Waals surface area contributed by atoms with E-state index in [2.05, 4.69) is 40.3 Å². The van der Waals surface area contributed by atoms with E-state index in [1.807, 2.05) is 12.1 Å². The van der Waals surface area contributed by atoms with Crippen LogP contribution in [-0.4, -0.2) is 12.4 Å². The number of nitrogens with zero attached hydrogens (tertiary/aromatic N) is 1. The highest BCUT2D eigenvalue weighted by Crippen LogP contribution is 2.50. The molecule has 0 aromatic heterocycles. The second-order valence-corrected chi connectivity index (χ2v) is 7.45. The van der Waals surface area contributed by atoms with E-state index in [0.717, 1.165) is 35.3 Å². The fourth-order valence-electron chi connectivity index (χ4n) is 3.62. The third-order valence-electron chi connectivity index (χ3n) is 4.82. The van der Waals surface area contributed by atoms with Gasteiger partial charge in [0, 0.05) is 0 Å². The van der Waals surface area contributed by atoms with Gasteiger partial charge in [0.15, 0.2) is 5.78 Å². The summed E-state index contributed by atoms with van der Waals surface area (Å²) in [5.41, 5.74) is 4.59. The number of allylic oxidation sites excluding steroid dienone is 3. The van der Waals surface area contributed by atoms with Crippen LogP contribution in [-0.2, 0) is 10.2 Å². The van der Waals surface area contributed by atoms with E-state index in [9.17, 15) is 10.1 Å². The summed E-state index contributed by atoms with van der Waals surface area (Å²) >= 11 is 0. The van der Waals surface area contributed by atoms with Crippen LogP contribution in [0.2, 0.25) is 0 Å². The Morgan fingerprint density at radius 1 is 1.40 bits per heavy atom. The minimum atomic E-state index is -0.262.